The number of nitrogens with one attached hydrogen (secondary N) is 2. The van der Waals surface area contributed by atoms with Crippen molar-refractivity contribution < 1.29 is 17.6 Å². The van der Waals surface area contributed by atoms with Crippen LogP contribution in [0.1, 0.15) is 34.7 Å². The predicted molar refractivity (Wildman–Crippen MR) is 158 cm³/mol. The molecule has 3 aromatic rings. The Morgan fingerprint density at radius 1 is 0.800 bits per heavy atom. The minimum atomic E-state index is -1.73. The van der Waals surface area contributed by atoms with Gasteiger partial charge in [0.1, 0.15) is 17.7 Å². The molecule has 2 unspecified atom stereocenters. The highest BCUT2D eigenvalue weighted by Gasteiger charge is 2.42. The number of aromatic nitrogens is 1. The van der Waals surface area contributed by atoms with Crippen LogP contribution >= 0.6 is 0 Å². The molecule has 0 radical (unpaired) electrons. The van der Waals surface area contributed by atoms with Gasteiger partial charge in [0.05, 0.1) is 29.2 Å². The maximum Gasteiger partial charge on any atom is 0.216 e. The van der Waals surface area contributed by atoms with E-state index in [9.17, 15) is 33.3 Å². The van der Waals surface area contributed by atoms with E-state index in [0.29, 0.717) is 61.6 Å². The molecule has 2 aliphatic carbocycles. The van der Waals surface area contributed by atoms with Crippen molar-refractivity contribution >= 4 is 28.1 Å². The van der Waals surface area contributed by atoms with Crippen molar-refractivity contribution in [2.24, 2.45) is 4.99 Å². The molecule has 2 atom stereocenters. The van der Waals surface area contributed by atoms with Gasteiger partial charge in [-0.05, 0) is 64.6 Å². The molecule has 0 saturated heterocycles. The number of allylic oxidation sites excluding steroid dienone is 5. The molecule has 4 aliphatic rings. The minimum absolute atomic E-state index is 0.202. The van der Waals surface area contributed by atoms with E-state index in [1.54, 1.807) is 43.3 Å². The van der Waals surface area contributed by atoms with E-state index >= 15 is 0 Å². The molecule has 2 aliphatic heterocycles. The van der Waals surface area contributed by atoms with E-state index in [0.717, 1.165) is 18.2 Å². The SMILES string of the molecule is C/C(C#N)=C1\c2cc(-c3cc(F)nc(F)c3)ccc2C2=NC3=C(NC21)c1ccc(C2=CC(F)NC(F)=C2)cc1C3=C(C#N)C#N. The zero-order chi connectivity index (χ0) is 31.6. The Hall–Kier alpha value is -6.25. The molecular weight excluding hydrogens is 582 g/mol. The molecule has 0 saturated carbocycles. The predicted octanol–water partition coefficient (Wildman–Crippen LogP) is 6.37. The summed E-state index contributed by atoms with van der Waals surface area (Å²) in [7, 11) is 0. The quantitative estimate of drug-likeness (QED) is 0.153. The third-order valence-electron chi connectivity index (χ3n) is 8.06. The van der Waals surface area contributed by atoms with E-state index in [4.69, 9.17) is 4.99 Å². The molecule has 1 aromatic heterocycles. The fraction of sp³-hybridized carbons (Fsp3) is 0.0882. The first-order valence-electron chi connectivity index (χ1n) is 13.6. The van der Waals surface area contributed by atoms with Crippen molar-refractivity contribution in [1.29, 1.82) is 15.8 Å². The van der Waals surface area contributed by atoms with Gasteiger partial charge in [0.15, 0.2) is 12.2 Å². The number of hydrogen-bond donors (Lipinski definition) is 2. The Bertz CT molecular complexity index is 2180. The van der Waals surface area contributed by atoms with E-state index < -0.39 is 30.2 Å². The highest BCUT2D eigenvalue weighted by Crippen LogP contribution is 2.49. The number of alkyl halides is 1. The molecule has 0 spiro atoms. The second kappa shape index (κ2) is 10.2. The van der Waals surface area contributed by atoms with Gasteiger partial charge in [-0.15, -0.1) is 0 Å². The second-order valence-electron chi connectivity index (χ2n) is 10.6. The van der Waals surface area contributed by atoms with Crippen molar-refractivity contribution in [3.05, 3.63) is 123 Å². The van der Waals surface area contributed by atoms with Crippen molar-refractivity contribution in [2.75, 3.05) is 0 Å². The summed E-state index contributed by atoms with van der Waals surface area (Å²) in [4.78, 5) is 8.13. The summed E-state index contributed by atoms with van der Waals surface area (Å²) in [6.07, 6.45) is 0.645. The maximum absolute atomic E-state index is 14.1. The standard InChI is InChI=1S/C34H17F4N7/c1-15(12-39)29-23-6-16(18-8-25(35)42-26(36)9-18)2-4-21(23)31-33(29)44-32-22-5-3-17(19-10-27(37)43-28(38)11-19)7-24(22)30(34(32)45-31)20(13-40)14-41/h2-11,27,33,43-44H,1H3/b29-15-. The van der Waals surface area contributed by atoms with Crippen LogP contribution in [0.3, 0.4) is 0 Å². The monoisotopic (exact) mass is 599 g/mol. The smallest absolute Gasteiger partial charge is 0.216 e. The summed E-state index contributed by atoms with van der Waals surface area (Å²) >= 11 is 0. The number of dihydropyridines is 1. The Kier molecular flexibility index (Phi) is 6.24. The van der Waals surface area contributed by atoms with Gasteiger partial charge in [-0.25, -0.2) is 9.38 Å². The third kappa shape index (κ3) is 4.31. The first-order valence-corrected chi connectivity index (χ1v) is 13.6. The number of halogens is 4. The van der Waals surface area contributed by atoms with Gasteiger partial charge < -0.3 is 10.6 Å². The average Bonchev–Trinajstić information content (AvgIpc) is 3.50. The largest absolute Gasteiger partial charge is 0.370 e. The molecule has 0 amide bonds. The molecule has 7 rings (SSSR count). The molecule has 216 valence electrons. The molecule has 0 bridgehead atoms. The molecule has 3 heterocycles. The van der Waals surface area contributed by atoms with Gasteiger partial charge in [-0.3, -0.25) is 0 Å². The Labute approximate surface area is 253 Å². The first-order chi connectivity index (χ1) is 21.7. The number of nitrogens with zero attached hydrogens (tertiary/aromatic N) is 5. The van der Waals surface area contributed by atoms with Gasteiger partial charge >= 0.3 is 0 Å². The number of fused-ring (bicyclic) bond motifs is 5. The maximum atomic E-state index is 14.1. The van der Waals surface area contributed by atoms with Crippen molar-refractivity contribution in [3.8, 4) is 29.3 Å². The molecular formula is C34H17F4N7. The van der Waals surface area contributed by atoms with Crippen LogP contribution in [0.15, 0.2) is 88.5 Å². The van der Waals surface area contributed by atoms with Crippen LogP contribution in [-0.2, 0) is 0 Å². The van der Waals surface area contributed by atoms with Crippen LogP contribution < -0.4 is 10.6 Å². The summed E-state index contributed by atoms with van der Waals surface area (Å²) in [6, 6.07) is 17.9. The van der Waals surface area contributed by atoms with Crippen LogP contribution in [0, 0.1) is 45.9 Å². The molecule has 0 fully saturated rings. The number of rotatable bonds is 2. The summed E-state index contributed by atoms with van der Waals surface area (Å²) in [5.41, 5.74) is 6.34. The lowest BCUT2D eigenvalue weighted by Gasteiger charge is -2.24. The van der Waals surface area contributed by atoms with Gasteiger partial charge in [0, 0.05) is 40.0 Å². The number of nitriles is 3. The van der Waals surface area contributed by atoms with Gasteiger partial charge in [-0.1, -0.05) is 24.3 Å². The van der Waals surface area contributed by atoms with E-state index in [-0.39, 0.29) is 22.3 Å². The normalized spacial score (nSPS) is 20.0. The van der Waals surface area contributed by atoms with Crippen molar-refractivity contribution in [3.63, 3.8) is 0 Å². The molecule has 2 aromatic carbocycles. The number of aliphatic imine (C=N–C) groups is 1. The number of pyridine rings is 1. The average molecular weight is 600 g/mol. The number of hydrogen-bond acceptors (Lipinski definition) is 7. The van der Waals surface area contributed by atoms with E-state index in [2.05, 4.69) is 16.4 Å². The van der Waals surface area contributed by atoms with Crippen LogP contribution in [0.4, 0.5) is 17.6 Å². The summed E-state index contributed by atoms with van der Waals surface area (Å²) in [5, 5.41) is 35.3. The van der Waals surface area contributed by atoms with Crippen LogP contribution in [0.5, 0.6) is 0 Å². The lowest BCUT2D eigenvalue weighted by Crippen LogP contribution is -2.36. The summed E-state index contributed by atoms with van der Waals surface area (Å²) in [5.74, 6) is -2.77. The van der Waals surface area contributed by atoms with Crippen molar-refractivity contribution in [2.45, 2.75) is 19.3 Å². The highest BCUT2D eigenvalue weighted by atomic mass is 19.2. The Morgan fingerprint density at radius 3 is 2.18 bits per heavy atom. The van der Waals surface area contributed by atoms with Gasteiger partial charge in [0.25, 0.3) is 0 Å². The molecule has 2 N–H and O–H groups in total. The van der Waals surface area contributed by atoms with E-state index in [1.165, 1.54) is 6.08 Å². The van der Waals surface area contributed by atoms with Crippen LogP contribution in [0.2, 0.25) is 0 Å². The molecule has 45 heavy (non-hydrogen) atoms. The van der Waals surface area contributed by atoms with Crippen LogP contribution in [-0.4, -0.2) is 23.0 Å². The summed E-state index contributed by atoms with van der Waals surface area (Å²) < 4.78 is 56.0. The lowest BCUT2D eigenvalue weighted by molar-refractivity contribution is 0.326. The summed E-state index contributed by atoms with van der Waals surface area (Å²) in [6.45, 7) is 1.66. The second-order valence-corrected chi connectivity index (χ2v) is 10.6. The van der Waals surface area contributed by atoms with E-state index in [1.807, 2.05) is 17.5 Å². The number of benzene rings is 2. The zero-order valence-corrected chi connectivity index (χ0v) is 23.2. The first kappa shape index (κ1) is 27.6. The molecule has 11 heteroatoms. The highest BCUT2D eigenvalue weighted by molar-refractivity contribution is 6.24. The fourth-order valence-corrected chi connectivity index (χ4v) is 6.17. The Morgan fingerprint density at radius 2 is 1.49 bits per heavy atom. The third-order valence-corrected chi connectivity index (χ3v) is 8.06. The van der Waals surface area contributed by atoms with Crippen molar-refractivity contribution in [1.82, 2.24) is 15.6 Å². The van der Waals surface area contributed by atoms with Gasteiger partial charge in [0.2, 0.25) is 11.9 Å². The zero-order valence-electron chi connectivity index (χ0n) is 23.2. The van der Waals surface area contributed by atoms with Gasteiger partial charge in [-0.2, -0.15) is 33.9 Å². The fourth-order valence-electron chi connectivity index (χ4n) is 6.17. The van der Waals surface area contributed by atoms with Crippen LogP contribution in [0.25, 0.3) is 33.5 Å². The topological polar surface area (TPSA) is 121 Å². The minimum Gasteiger partial charge on any atom is -0.370 e. The molecule has 7 nitrogen and oxygen atoms in total. The Balaban J connectivity index is 1.41. The lowest BCUT2D eigenvalue weighted by atomic mass is 9.94.